The summed E-state index contributed by atoms with van der Waals surface area (Å²) in [5, 5.41) is 2.57. The number of nitrogens with one attached hydrogen (secondary N) is 1. The van der Waals surface area contributed by atoms with E-state index >= 15 is 0 Å². The molecule has 0 radical (unpaired) electrons. The first kappa shape index (κ1) is 15.9. The fraction of sp³-hybridized carbons (Fsp3) is 0.235. The van der Waals surface area contributed by atoms with E-state index in [9.17, 15) is 13.6 Å². The van der Waals surface area contributed by atoms with Crippen LogP contribution in [0.1, 0.15) is 24.4 Å². The summed E-state index contributed by atoms with van der Waals surface area (Å²) in [6, 6.07) is 10.1. The Bertz CT molecular complexity index is 738. The van der Waals surface area contributed by atoms with E-state index in [1.807, 2.05) is 0 Å². The highest BCUT2D eigenvalue weighted by Crippen LogP contribution is 2.34. The minimum atomic E-state index is -0.519. The first-order valence-electron chi connectivity index (χ1n) is 7.33. The Kier molecular flexibility index (Phi) is 4.61. The van der Waals surface area contributed by atoms with Crippen molar-refractivity contribution in [2.24, 2.45) is 0 Å². The van der Waals surface area contributed by atoms with Crippen LogP contribution in [0.25, 0.3) is 0 Å². The molecule has 3 rings (SSSR count). The summed E-state index contributed by atoms with van der Waals surface area (Å²) in [7, 11) is 0. The van der Waals surface area contributed by atoms with Crippen molar-refractivity contribution < 1.29 is 13.6 Å². The molecule has 0 bridgehead atoms. The van der Waals surface area contributed by atoms with Gasteiger partial charge in [0.1, 0.15) is 11.6 Å². The van der Waals surface area contributed by atoms with Crippen LogP contribution in [0.4, 0.5) is 19.3 Å². The molecule has 0 spiro atoms. The Morgan fingerprint density at radius 1 is 1.17 bits per heavy atom. The van der Waals surface area contributed by atoms with Crippen LogP contribution in [0, 0.1) is 11.6 Å². The highest BCUT2D eigenvalue weighted by molar-refractivity contribution is 9.10. The van der Waals surface area contributed by atoms with E-state index in [-0.39, 0.29) is 17.5 Å². The van der Waals surface area contributed by atoms with Crippen LogP contribution in [0.2, 0.25) is 0 Å². The van der Waals surface area contributed by atoms with Gasteiger partial charge in [-0.25, -0.2) is 13.6 Å². The van der Waals surface area contributed by atoms with Gasteiger partial charge in [0.05, 0.1) is 11.7 Å². The summed E-state index contributed by atoms with van der Waals surface area (Å²) < 4.78 is 28.4. The molecule has 23 heavy (non-hydrogen) atoms. The molecule has 1 atom stereocenters. The topological polar surface area (TPSA) is 32.3 Å². The van der Waals surface area contributed by atoms with E-state index < -0.39 is 11.8 Å². The zero-order valence-corrected chi connectivity index (χ0v) is 13.8. The highest BCUT2D eigenvalue weighted by atomic mass is 79.9. The molecule has 1 aliphatic heterocycles. The Morgan fingerprint density at radius 2 is 1.96 bits per heavy atom. The number of urea groups is 1. The second-order valence-corrected chi connectivity index (χ2v) is 6.34. The number of amides is 2. The lowest BCUT2D eigenvalue weighted by Crippen LogP contribution is -2.35. The van der Waals surface area contributed by atoms with Crippen LogP contribution in [0.15, 0.2) is 46.9 Å². The molecule has 2 aromatic rings. The van der Waals surface area contributed by atoms with Crippen LogP contribution in [-0.2, 0) is 0 Å². The molecule has 1 N–H and O–H groups in total. The molecule has 2 amide bonds. The molecule has 2 aromatic carbocycles. The molecule has 3 nitrogen and oxygen atoms in total. The molecule has 0 aliphatic carbocycles. The van der Waals surface area contributed by atoms with Gasteiger partial charge in [-0.3, -0.25) is 0 Å². The fourth-order valence-corrected chi connectivity index (χ4v) is 3.19. The standard InChI is InChI=1S/C17H15BrF2N2O/c18-11-7-8-15(14(20)10-11)21-17(23)22-9-3-6-16(22)12-4-1-2-5-13(12)19/h1-2,4-5,7-8,10,16H,3,6,9H2,(H,21,23)/t16-/m1/s1. The number of carbonyl (C=O) groups is 1. The number of benzene rings is 2. The maximum absolute atomic E-state index is 14.0. The van der Waals surface area contributed by atoms with E-state index in [1.54, 1.807) is 29.2 Å². The van der Waals surface area contributed by atoms with Gasteiger partial charge >= 0.3 is 6.03 Å². The molecular weight excluding hydrogens is 366 g/mol. The summed E-state index contributed by atoms with van der Waals surface area (Å²) in [4.78, 5) is 14.0. The predicted octanol–water partition coefficient (Wildman–Crippen LogP) is 5.10. The smallest absolute Gasteiger partial charge is 0.317 e. The van der Waals surface area contributed by atoms with E-state index in [1.165, 1.54) is 18.2 Å². The molecule has 0 unspecified atom stereocenters. The quantitative estimate of drug-likeness (QED) is 0.772. The van der Waals surface area contributed by atoms with Crippen LogP contribution in [0.3, 0.4) is 0 Å². The molecule has 1 saturated heterocycles. The van der Waals surface area contributed by atoms with Crippen molar-refractivity contribution in [1.29, 1.82) is 0 Å². The number of hydrogen-bond acceptors (Lipinski definition) is 1. The van der Waals surface area contributed by atoms with E-state index in [0.717, 1.165) is 6.42 Å². The molecule has 0 saturated carbocycles. The first-order chi connectivity index (χ1) is 11.1. The SMILES string of the molecule is O=C(Nc1ccc(Br)cc1F)N1CCC[C@@H]1c1ccccc1F. The molecule has 0 aromatic heterocycles. The van der Waals surface area contributed by atoms with Crippen molar-refractivity contribution in [3.05, 3.63) is 64.1 Å². The van der Waals surface area contributed by atoms with E-state index in [0.29, 0.717) is 23.0 Å². The van der Waals surface area contributed by atoms with Crippen molar-refractivity contribution in [3.63, 3.8) is 0 Å². The van der Waals surface area contributed by atoms with Gasteiger partial charge < -0.3 is 10.2 Å². The normalized spacial score (nSPS) is 17.3. The number of carbonyl (C=O) groups excluding carboxylic acids is 1. The lowest BCUT2D eigenvalue weighted by molar-refractivity contribution is 0.206. The van der Waals surface area contributed by atoms with Crippen molar-refractivity contribution in [2.75, 3.05) is 11.9 Å². The molecule has 1 heterocycles. The van der Waals surface area contributed by atoms with Crippen LogP contribution in [0.5, 0.6) is 0 Å². The lowest BCUT2D eigenvalue weighted by atomic mass is 10.0. The number of nitrogens with zero attached hydrogens (tertiary/aromatic N) is 1. The third-order valence-electron chi connectivity index (χ3n) is 3.95. The number of anilines is 1. The van der Waals surface area contributed by atoms with Crippen molar-refractivity contribution >= 4 is 27.6 Å². The number of rotatable bonds is 2. The average molecular weight is 381 g/mol. The van der Waals surface area contributed by atoms with Gasteiger partial charge in [0.25, 0.3) is 0 Å². The van der Waals surface area contributed by atoms with E-state index in [2.05, 4.69) is 21.2 Å². The Morgan fingerprint density at radius 3 is 2.70 bits per heavy atom. The maximum Gasteiger partial charge on any atom is 0.322 e. The molecule has 1 fully saturated rings. The average Bonchev–Trinajstić information content (AvgIpc) is 3.00. The zero-order valence-electron chi connectivity index (χ0n) is 12.2. The number of hydrogen-bond donors (Lipinski definition) is 1. The summed E-state index contributed by atoms with van der Waals surface area (Å²) in [6.45, 7) is 0.517. The highest BCUT2D eigenvalue weighted by Gasteiger charge is 2.31. The van der Waals surface area contributed by atoms with Crippen LogP contribution >= 0.6 is 15.9 Å². The summed E-state index contributed by atoms with van der Waals surface area (Å²) >= 11 is 3.17. The van der Waals surface area contributed by atoms with Gasteiger partial charge in [0, 0.05) is 16.6 Å². The van der Waals surface area contributed by atoms with Crippen LogP contribution in [-0.4, -0.2) is 17.5 Å². The Labute approximate surface area is 141 Å². The van der Waals surface area contributed by atoms with E-state index in [4.69, 9.17) is 0 Å². The van der Waals surface area contributed by atoms with Crippen molar-refractivity contribution in [2.45, 2.75) is 18.9 Å². The van der Waals surface area contributed by atoms with Gasteiger partial charge in [-0.05, 0) is 37.1 Å². The van der Waals surface area contributed by atoms with Gasteiger partial charge in [-0.1, -0.05) is 34.1 Å². The monoisotopic (exact) mass is 380 g/mol. The maximum atomic E-state index is 14.0. The Hall–Kier alpha value is -1.95. The van der Waals surface area contributed by atoms with Crippen molar-refractivity contribution in [3.8, 4) is 0 Å². The van der Waals surface area contributed by atoms with Crippen molar-refractivity contribution in [1.82, 2.24) is 4.90 Å². The zero-order chi connectivity index (χ0) is 16.4. The third kappa shape index (κ3) is 3.37. The van der Waals surface area contributed by atoms with Gasteiger partial charge in [0.2, 0.25) is 0 Å². The van der Waals surface area contributed by atoms with Gasteiger partial charge in [-0.15, -0.1) is 0 Å². The predicted molar refractivity (Wildman–Crippen MR) is 88.2 cm³/mol. The largest absolute Gasteiger partial charge is 0.322 e. The number of likely N-dealkylation sites (tertiary alicyclic amines) is 1. The van der Waals surface area contributed by atoms with Crippen LogP contribution < -0.4 is 5.32 Å². The minimum absolute atomic E-state index is 0.109. The first-order valence-corrected chi connectivity index (χ1v) is 8.12. The minimum Gasteiger partial charge on any atom is -0.317 e. The molecule has 6 heteroatoms. The Balaban J connectivity index is 1.80. The summed E-state index contributed by atoms with van der Waals surface area (Å²) in [5.41, 5.74) is 0.605. The molecular formula is C17H15BrF2N2O. The second kappa shape index (κ2) is 6.66. The van der Waals surface area contributed by atoms with Gasteiger partial charge in [-0.2, -0.15) is 0 Å². The van der Waals surface area contributed by atoms with Gasteiger partial charge in [0.15, 0.2) is 0 Å². The number of halogens is 3. The second-order valence-electron chi connectivity index (χ2n) is 5.43. The molecule has 1 aliphatic rings. The fourth-order valence-electron chi connectivity index (χ4n) is 2.86. The molecule has 120 valence electrons. The summed E-state index contributed by atoms with van der Waals surface area (Å²) in [6.07, 6.45) is 1.48. The lowest BCUT2D eigenvalue weighted by Gasteiger charge is -2.25. The summed E-state index contributed by atoms with van der Waals surface area (Å²) in [5.74, 6) is -0.846. The third-order valence-corrected chi connectivity index (χ3v) is 4.44.